The summed E-state index contributed by atoms with van der Waals surface area (Å²) >= 11 is 0. The molecule has 78 valence electrons. The molecule has 1 fully saturated rings. The molecule has 0 saturated carbocycles. The van der Waals surface area contributed by atoms with E-state index in [0.717, 1.165) is 0 Å². The first kappa shape index (κ1) is 11.5. The number of aryl methyl sites for hydroxylation is 1. The standard InChI is InChI=1S/C12H17N.ClH/c1-10-5-3-4-6-11(10)7-12(2)8-13-9-12;/h3-6,13H,7-9H2,1-2H3;1H. The van der Waals surface area contributed by atoms with Gasteiger partial charge in [0.25, 0.3) is 0 Å². The summed E-state index contributed by atoms with van der Waals surface area (Å²) in [6, 6.07) is 8.70. The van der Waals surface area contributed by atoms with E-state index < -0.39 is 0 Å². The molecule has 1 saturated heterocycles. The largest absolute Gasteiger partial charge is 0.316 e. The minimum Gasteiger partial charge on any atom is -0.316 e. The lowest BCUT2D eigenvalue weighted by Gasteiger charge is -2.39. The Morgan fingerprint density at radius 2 is 1.93 bits per heavy atom. The molecule has 1 heterocycles. The van der Waals surface area contributed by atoms with E-state index in [1.54, 1.807) is 0 Å². The van der Waals surface area contributed by atoms with Gasteiger partial charge in [-0.3, -0.25) is 0 Å². The van der Waals surface area contributed by atoms with Gasteiger partial charge in [-0.05, 0) is 29.9 Å². The van der Waals surface area contributed by atoms with Crippen LogP contribution in [0.15, 0.2) is 24.3 Å². The van der Waals surface area contributed by atoms with Crippen LogP contribution in [0.25, 0.3) is 0 Å². The van der Waals surface area contributed by atoms with Crippen molar-refractivity contribution in [1.29, 1.82) is 0 Å². The Balaban J connectivity index is 0.000000980. The van der Waals surface area contributed by atoms with Gasteiger partial charge in [0.2, 0.25) is 0 Å². The highest BCUT2D eigenvalue weighted by molar-refractivity contribution is 5.85. The quantitative estimate of drug-likeness (QED) is 0.793. The maximum atomic E-state index is 3.34. The van der Waals surface area contributed by atoms with Gasteiger partial charge < -0.3 is 5.32 Å². The zero-order valence-electron chi connectivity index (χ0n) is 8.84. The monoisotopic (exact) mass is 211 g/mol. The lowest BCUT2D eigenvalue weighted by Crippen LogP contribution is -2.52. The third kappa shape index (κ3) is 2.28. The maximum absolute atomic E-state index is 3.34. The van der Waals surface area contributed by atoms with Crippen molar-refractivity contribution in [2.24, 2.45) is 5.41 Å². The Bertz CT molecular complexity index is 305. The zero-order chi connectivity index (χ0) is 9.31. The Hall–Kier alpha value is -0.530. The fourth-order valence-corrected chi connectivity index (χ4v) is 1.94. The van der Waals surface area contributed by atoms with Crippen molar-refractivity contribution in [1.82, 2.24) is 5.32 Å². The van der Waals surface area contributed by atoms with Crippen LogP contribution in [0.2, 0.25) is 0 Å². The molecule has 1 N–H and O–H groups in total. The van der Waals surface area contributed by atoms with E-state index >= 15 is 0 Å². The van der Waals surface area contributed by atoms with Crippen LogP contribution < -0.4 is 5.32 Å². The number of rotatable bonds is 2. The molecule has 2 heteroatoms. The predicted octanol–water partition coefficient (Wildman–Crippen LogP) is 2.57. The van der Waals surface area contributed by atoms with Gasteiger partial charge in [-0.1, -0.05) is 31.2 Å². The van der Waals surface area contributed by atoms with Gasteiger partial charge in [0.05, 0.1) is 0 Å². The lowest BCUT2D eigenvalue weighted by atomic mass is 9.77. The maximum Gasteiger partial charge on any atom is 0.00208 e. The first-order valence-electron chi connectivity index (χ1n) is 4.95. The van der Waals surface area contributed by atoms with Crippen molar-refractivity contribution < 1.29 is 0 Å². The molecule has 1 nitrogen and oxygen atoms in total. The van der Waals surface area contributed by atoms with Crippen LogP contribution >= 0.6 is 12.4 Å². The fraction of sp³-hybridized carbons (Fsp3) is 0.500. The Kier molecular flexibility index (Phi) is 3.57. The van der Waals surface area contributed by atoms with Crippen LogP contribution in [0, 0.1) is 12.3 Å². The van der Waals surface area contributed by atoms with Gasteiger partial charge in [0.1, 0.15) is 0 Å². The van der Waals surface area contributed by atoms with Crippen molar-refractivity contribution in [2.45, 2.75) is 20.3 Å². The second-order valence-corrected chi connectivity index (χ2v) is 4.52. The van der Waals surface area contributed by atoms with Gasteiger partial charge in [-0.25, -0.2) is 0 Å². The number of nitrogens with one attached hydrogen (secondary N) is 1. The Morgan fingerprint density at radius 3 is 2.43 bits per heavy atom. The second kappa shape index (κ2) is 4.33. The average molecular weight is 212 g/mol. The molecule has 2 rings (SSSR count). The number of hydrogen-bond donors (Lipinski definition) is 1. The summed E-state index contributed by atoms with van der Waals surface area (Å²) < 4.78 is 0. The van der Waals surface area contributed by atoms with Gasteiger partial charge in [-0.15, -0.1) is 12.4 Å². The highest BCUT2D eigenvalue weighted by atomic mass is 35.5. The van der Waals surface area contributed by atoms with Crippen LogP contribution in [-0.4, -0.2) is 13.1 Å². The number of hydrogen-bond acceptors (Lipinski definition) is 1. The molecule has 14 heavy (non-hydrogen) atoms. The summed E-state index contributed by atoms with van der Waals surface area (Å²) in [7, 11) is 0. The van der Waals surface area contributed by atoms with Crippen LogP contribution in [-0.2, 0) is 6.42 Å². The van der Waals surface area contributed by atoms with E-state index in [0.29, 0.717) is 5.41 Å². The zero-order valence-corrected chi connectivity index (χ0v) is 9.66. The molecular formula is C12H18ClN. The predicted molar refractivity (Wildman–Crippen MR) is 63.1 cm³/mol. The lowest BCUT2D eigenvalue weighted by molar-refractivity contribution is 0.195. The van der Waals surface area contributed by atoms with E-state index in [1.807, 2.05) is 0 Å². The van der Waals surface area contributed by atoms with Crippen molar-refractivity contribution >= 4 is 12.4 Å². The smallest absolute Gasteiger partial charge is 0.00208 e. The van der Waals surface area contributed by atoms with E-state index in [4.69, 9.17) is 0 Å². The molecule has 1 aromatic carbocycles. The van der Waals surface area contributed by atoms with Crippen LogP contribution in [0.5, 0.6) is 0 Å². The molecule has 0 amide bonds. The average Bonchev–Trinajstić information content (AvgIpc) is 2.06. The molecule has 0 radical (unpaired) electrons. The van der Waals surface area contributed by atoms with Gasteiger partial charge in [0, 0.05) is 13.1 Å². The normalized spacial score (nSPS) is 18.1. The third-order valence-corrected chi connectivity index (χ3v) is 2.98. The molecular weight excluding hydrogens is 194 g/mol. The van der Waals surface area contributed by atoms with Crippen molar-refractivity contribution in [3.8, 4) is 0 Å². The van der Waals surface area contributed by atoms with Gasteiger partial charge in [0.15, 0.2) is 0 Å². The first-order chi connectivity index (χ1) is 6.20. The SMILES string of the molecule is Cc1ccccc1CC1(C)CNC1.Cl. The van der Waals surface area contributed by atoms with E-state index in [9.17, 15) is 0 Å². The van der Waals surface area contributed by atoms with E-state index in [-0.39, 0.29) is 12.4 Å². The van der Waals surface area contributed by atoms with Crippen LogP contribution in [0.1, 0.15) is 18.1 Å². The third-order valence-electron chi connectivity index (χ3n) is 2.98. The summed E-state index contributed by atoms with van der Waals surface area (Å²) in [6.07, 6.45) is 1.21. The molecule has 1 aliphatic rings. The minimum absolute atomic E-state index is 0. The summed E-state index contributed by atoms with van der Waals surface area (Å²) in [5.41, 5.74) is 3.44. The van der Waals surface area contributed by atoms with Gasteiger partial charge >= 0.3 is 0 Å². The highest BCUT2D eigenvalue weighted by Crippen LogP contribution is 2.27. The fourth-order valence-electron chi connectivity index (χ4n) is 1.94. The van der Waals surface area contributed by atoms with Crippen molar-refractivity contribution in [3.63, 3.8) is 0 Å². The van der Waals surface area contributed by atoms with Crippen LogP contribution in [0.3, 0.4) is 0 Å². The summed E-state index contributed by atoms with van der Waals surface area (Å²) in [6.45, 7) is 6.89. The van der Waals surface area contributed by atoms with Crippen molar-refractivity contribution in [2.75, 3.05) is 13.1 Å². The summed E-state index contributed by atoms with van der Waals surface area (Å²) in [5.74, 6) is 0. The molecule has 0 aromatic heterocycles. The second-order valence-electron chi connectivity index (χ2n) is 4.52. The van der Waals surface area contributed by atoms with Crippen molar-refractivity contribution in [3.05, 3.63) is 35.4 Å². The summed E-state index contributed by atoms with van der Waals surface area (Å²) in [4.78, 5) is 0. The Morgan fingerprint density at radius 1 is 1.29 bits per heavy atom. The minimum atomic E-state index is 0. The number of benzene rings is 1. The Labute approximate surface area is 92.3 Å². The van der Waals surface area contributed by atoms with Crippen LogP contribution in [0.4, 0.5) is 0 Å². The molecule has 0 aliphatic carbocycles. The molecule has 0 atom stereocenters. The molecule has 1 aliphatic heterocycles. The molecule has 0 unspecified atom stereocenters. The summed E-state index contributed by atoms with van der Waals surface area (Å²) in [5, 5.41) is 3.34. The molecule has 1 aromatic rings. The first-order valence-corrected chi connectivity index (χ1v) is 4.95. The highest BCUT2D eigenvalue weighted by Gasteiger charge is 2.31. The molecule has 0 spiro atoms. The number of halogens is 1. The van der Waals surface area contributed by atoms with E-state index in [2.05, 4.69) is 43.4 Å². The molecule has 0 bridgehead atoms. The van der Waals surface area contributed by atoms with Gasteiger partial charge in [-0.2, -0.15) is 0 Å². The topological polar surface area (TPSA) is 12.0 Å². The van der Waals surface area contributed by atoms with E-state index in [1.165, 1.54) is 30.6 Å².